The van der Waals surface area contributed by atoms with Crippen LogP contribution in [0.2, 0.25) is 0 Å². The van der Waals surface area contributed by atoms with Gasteiger partial charge in [0.15, 0.2) is 5.17 Å². The van der Waals surface area contributed by atoms with E-state index in [4.69, 9.17) is 9.52 Å². The van der Waals surface area contributed by atoms with Crippen LogP contribution in [0.3, 0.4) is 0 Å². The van der Waals surface area contributed by atoms with Gasteiger partial charge in [-0.2, -0.15) is 0 Å². The van der Waals surface area contributed by atoms with E-state index in [2.05, 4.69) is 31.2 Å². The highest BCUT2D eigenvalue weighted by molar-refractivity contribution is 8.14. The second kappa shape index (κ2) is 4.96. The average Bonchev–Trinajstić information content (AvgIpc) is 2.84. The summed E-state index contributed by atoms with van der Waals surface area (Å²) in [6.07, 6.45) is 1.11. The van der Waals surface area contributed by atoms with Crippen LogP contribution in [0.1, 0.15) is 50.3 Å². The highest BCUT2D eigenvalue weighted by Gasteiger charge is 2.31. The van der Waals surface area contributed by atoms with Crippen LogP contribution in [0.15, 0.2) is 9.52 Å². The lowest BCUT2D eigenvalue weighted by atomic mass is 10.0. The Morgan fingerprint density at radius 3 is 2.78 bits per heavy atom. The second-order valence-electron chi connectivity index (χ2n) is 5.18. The Bertz CT molecular complexity index is 449. The first-order chi connectivity index (χ1) is 8.45. The first-order valence-electron chi connectivity index (χ1n) is 6.37. The Labute approximate surface area is 113 Å². The summed E-state index contributed by atoms with van der Waals surface area (Å²) in [6, 6.07) is 0.0884. The number of nitrogens with zero attached hydrogens (tertiary/aromatic N) is 2. The molecule has 1 aromatic rings. The normalized spacial score (nSPS) is 27.5. The molecule has 1 aliphatic rings. The van der Waals surface area contributed by atoms with Crippen molar-refractivity contribution in [3.63, 3.8) is 0 Å². The molecule has 1 fully saturated rings. The third-order valence-corrected chi connectivity index (χ3v) is 4.80. The molecule has 100 valence electrons. The summed E-state index contributed by atoms with van der Waals surface area (Å²) in [6.45, 7) is 10.4. The van der Waals surface area contributed by atoms with Gasteiger partial charge in [0.1, 0.15) is 5.76 Å². The van der Waals surface area contributed by atoms with Gasteiger partial charge in [-0.3, -0.25) is 4.99 Å². The molecule has 0 aromatic carbocycles. The predicted molar refractivity (Wildman–Crippen MR) is 76.1 cm³/mol. The van der Waals surface area contributed by atoms with Crippen LogP contribution in [0.5, 0.6) is 0 Å². The first-order valence-corrected chi connectivity index (χ1v) is 7.35. The molecule has 2 atom stereocenters. The summed E-state index contributed by atoms with van der Waals surface area (Å²) in [5, 5.41) is 8.53. The van der Waals surface area contributed by atoms with Crippen molar-refractivity contribution < 1.29 is 4.52 Å². The van der Waals surface area contributed by atoms with E-state index in [0.717, 1.165) is 34.4 Å². The number of hydrogen-bond acceptors (Lipinski definition) is 4. The minimum Gasteiger partial charge on any atom is -0.361 e. The number of hydrogen-bond donors (Lipinski definition) is 1. The quantitative estimate of drug-likeness (QED) is 0.913. The average molecular weight is 267 g/mol. The molecule has 1 aliphatic heterocycles. The number of nitrogens with one attached hydrogen (secondary N) is 1. The van der Waals surface area contributed by atoms with Gasteiger partial charge >= 0.3 is 0 Å². The van der Waals surface area contributed by atoms with Crippen LogP contribution >= 0.6 is 11.8 Å². The van der Waals surface area contributed by atoms with Gasteiger partial charge in [0.25, 0.3) is 0 Å². The summed E-state index contributed by atoms with van der Waals surface area (Å²) in [4.78, 5) is 4.75. The Kier molecular flexibility index (Phi) is 3.71. The molecule has 5 heteroatoms. The molecule has 0 amide bonds. The van der Waals surface area contributed by atoms with Crippen molar-refractivity contribution in [3.8, 4) is 0 Å². The maximum atomic E-state index is 5.20. The Morgan fingerprint density at radius 2 is 2.28 bits per heavy atom. The third kappa shape index (κ3) is 2.55. The zero-order valence-electron chi connectivity index (χ0n) is 11.7. The fourth-order valence-corrected chi connectivity index (χ4v) is 3.43. The number of amidine groups is 1. The highest BCUT2D eigenvalue weighted by atomic mass is 32.2. The van der Waals surface area contributed by atoms with Crippen molar-refractivity contribution in [2.45, 2.75) is 52.6 Å². The Balaban J connectivity index is 2.15. The zero-order chi connectivity index (χ0) is 13.3. The van der Waals surface area contributed by atoms with E-state index < -0.39 is 0 Å². The summed E-state index contributed by atoms with van der Waals surface area (Å²) >= 11 is 1.80. The minimum atomic E-state index is 0.0884. The van der Waals surface area contributed by atoms with Crippen LogP contribution in [0.4, 0.5) is 0 Å². The molecule has 2 unspecified atom stereocenters. The zero-order valence-corrected chi connectivity index (χ0v) is 12.5. The van der Waals surface area contributed by atoms with E-state index in [1.807, 2.05) is 13.8 Å². The van der Waals surface area contributed by atoms with Gasteiger partial charge in [-0.1, -0.05) is 23.8 Å². The van der Waals surface area contributed by atoms with Crippen LogP contribution in [-0.4, -0.2) is 21.6 Å². The second-order valence-corrected chi connectivity index (χ2v) is 6.14. The summed E-state index contributed by atoms with van der Waals surface area (Å²) < 4.78 is 5.20. The molecular weight excluding hydrogens is 246 g/mol. The lowest BCUT2D eigenvalue weighted by Gasteiger charge is -2.21. The van der Waals surface area contributed by atoms with Gasteiger partial charge in [0, 0.05) is 16.9 Å². The van der Waals surface area contributed by atoms with E-state index in [1.165, 1.54) is 0 Å². The third-order valence-electron chi connectivity index (χ3n) is 3.53. The minimum absolute atomic E-state index is 0.0884. The standard InChI is InChI=1S/C13H21N3OS/c1-6-13(5)7-18-12(15-13)14-8(2)11-9(3)16-17-10(11)4/h8H,6-7H2,1-5H3,(H,14,15). The lowest BCUT2D eigenvalue weighted by Crippen LogP contribution is -2.39. The highest BCUT2D eigenvalue weighted by Crippen LogP contribution is 2.29. The SMILES string of the molecule is CCC1(C)CSC(=NC(C)c2c(C)noc2C)N1. The van der Waals surface area contributed by atoms with Crippen molar-refractivity contribution in [3.05, 3.63) is 17.0 Å². The molecule has 1 saturated heterocycles. The first kappa shape index (κ1) is 13.5. The molecule has 2 heterocycles. The molecule has 0 radical (unpaired) electrons. The number of aryl methyl sites for hydroxylation is 2. The van der Waals surface area contributed by atoms with Gasteiger partial charge < -0.3 is 9.84 Å². The number of aliphatic imine (C=N–C) groups is 1. The van der Waals surface area contributed by atoms with Crippen molar-refractivity contribution >= 4 is 16.9 Å². The van der Waals surface area contributed by atoms with E-state index >= 15 is 0 Å². The summed E-state index contributed by atoms with van der Waals surface area (Å²) in [5.74, 6) is 1.95. The smallest absolute Gasteiger partial charge is 0.157 e. The van der Waals surface area contributed by atoms with E-state index in [9.17, 15) is 0 Å². The van der Waals surface area contributed by atoms with Gasteiger partial charge in [-0.25, -0.2) is 0 Å². The number of aromatic nitrogens is 1. The molecule has 1 N–H and O–H groups in total. The molecule has 0 aliphatic carbocycles. The maximum absolute atomic E-state index is 5.20. The Hall–Kier alpha value is -0.970. The van der Waals surface area contributed by atoms with Gasteiger partial charge in [0.05, 0.1) is 11.7 Å². The largest absolute Gasteiger partial charge is 0.361 e. The molecule has 2 rings (SSSR count). The van der Waals surface area contributed by atoms with Crippen LogP contribution in [-0.2, 0) is 0 Å². The van der Waals surface area contributed by atoms with Gasteiger partial charge in [0.2, 0.25) is 0 Å². The fraction of sp³-hybridized carbons (Fsp3) is 0.692. The predicted octanol–water partition coefficient (Wildman–Crippen LogP) is 3.21. The van der Waals surface area contributed by atoms with E-state index in [1.54, 1.807) is 11.8 Å². The Morgan fingerprint density at radius 1 is 1.56 bits per heavy atom. The molecule has 0 bridgehead atoms. The molecular formula is C13H21N3OS. The monoisotopic (exact) mass is 267 g/mol. The van der Waals surface area contributed by atoms with Crippen molar-refractivity contribution in [1.82, 2.24) is 10.5 Å². The topological polar surface area (TPSA) is 50.4 Å². The maximum Gasteiger partial charge on any atom is 0.157 e. The molecule has 18 heavy (non-hydrogen) atoms. The number of thioether (sulfide) groups is 1. The lowest BCUT2D eigenvalue weighted by molar-refractivity contribution is 0.391. The molecule has 4 nitrogen and oxygen atoms in total. The molecule has 0 spiro atoms. The van der Waals surface area contributed by atoms with Gasteiger partial charge in [-0.15, -0.1) is 0 Å². The van der Waals surface area contributed by atoms with Crippen molar-refractivity contribution in [2.75, 3.05) is 5.75 Å². The molecule has 0 saturated carbocycles. The van der Waals surface area contributed by atoms with E-state index in [0.29, 0.717) is 0 Å². The summed E-state index contributed by atoms with van der Waals surface area (Å²) in [7, 11) is 0. The van der Waals surface area contributed by atoms with Crippen molar-refractivity contribution in [1.29, 1.82) is 0 Å². The van der Waals surface area contributed by atoms with Gasteiger partial charge in [-0.05, 0) is 34.1 Å². The van der Waals surface area contributed by atoms with E-state index in [-0.39, 0.29) is 11.6 Å². The fourth-order valence-electron chi connectivity index (χ4n) is 2.14. The van der Waals surface area contributed by atoms with Crippen LogP contribution in [0.25, 0.3) is 0 Å². The van der Waals surface area contributed by atoms with Crippen molar-refractivity contribution in [2.24, 2.45) is 4.99 Å². The summed E-state index contributed by atoms with van der Waals surface area (Å²) in [5.41, 5.74) is 2.22. The number of rotatable bonds is 3. The molecule has 1 aromatic heterocycles. The van der Waals surface area contributed by atoms with Crippen LogP contribution in [0, 0.1) is 13.8 Å². The van der Waals surface area contributed by atoms with Crippen LogP contribution < -0.4 is 5.32 Å².